The lowest BCUT2D eigenvalue weighted by Gasteiger charge is -2.08. The molecular formula is C13H12BrN3O3. The van der Waals surface area contributed by atoms with Crippen molar-refractivity contribution in [2.24, 2.45) is 7.05 Å². The quantitative estimate of drug-likeness (QED) is 0.689. The van der Waals surface area contributed by atoms with Gasteiger partial charge < -0.3 is 15.4 Å². The summed E-state index contributed by atoms with van der Waals surface area (Å²) in [5, 5.41) is 13.5. The molecule has 1 heterocycles. The maximum Gasteiger partial charge on any atom is 0.323 e. The highest BCUT2D eigenvalue weighted by atomic mass is 79.9. The molecule has 0 unspecified atom stereocenters. The number of benzene rings is 1. The molecule has 1 aromatic carbocycles. The predicted molar refractivity (Wildman–Crippen MR) is 78.9 cm³/mol. The van der Waals surface area contributed by atoms with E-state index in [4.69, 9.17) is 0 Å². The van der Waals surface area contributed by atoms with Gasteiger partial charge in [-0.25, -0.2) is 4.57 Å². The molecule has 6 nitrogen and oxygen atoms in total. The third-order valence-electron chi connectivity index (χ3n) is 2.95. The van der Waals surface area contributed by atoms with Gasteiger partial charge in [-0.3, -0.25) is 4.79 Å². The molecule has 0 aliphatic rings. The van der Waals surface area contributed by atoms with Gasteiger partial charge in [-0.2, -0.15) is 0 Å². The Bertz CT molecular complexity index is 694. The Morgan fingerprint density at radius 1 is 1.35 bits per heavy atom. The molecule has 0 saturated heterocycles. The van der Waals surface area contributed by atoms with Gasteiger partial charge in [0.2, 0.25) is 0 Å². The van der Waals surface area contributed by atoms with Crippen molar-refractivity contribution >= 4 is 33.3 Å². The van der Waals surface area contributed by atoms with Crippen LogP contribution in [0.25, 0.3) is 0 Å². The number of nitrogens with zero attached hydrogens (tertiary/aromatic N) is 2. The van der Waals surface area contributed by atoms with Crippen LogP contribution in [0.15, 0.2) is 34.8 Å². The highest BCUT2D eigenvalue weighted by Gasteiger charge is 2.21. The van der Waals surface area contributed by atoms with E-state index in [-0.39, 0.29) is 11.5 Å². The van der Waals surface area contributed by atoms with Crippen molar-refractivity contribution in [2.45, 2.75) is 6.92 Å². The Labute approximate surface area is 123 Å². The van der Waals surface area contributed by atoms with Crippen LogP contribution < -0.4 is 5.32 Å². The van der Waals surface area contributed by atoms with Crippen LogP contribution in [0.4, 0.5) is 11.5 Å². The van der Waals surface area contributed by atoms with E-state index < -0.39 is 10.8 Å². The monoisotopic (exact) mass is 337 g/mol. The number of halogens is 1. The number of amides is 1. The lowest BCUT2D eigenvalue weighted by atomic mass is 10.2. The van der Waals surface area contributed by atoms with Gasteiger partial charge in [0.05, 0.1) is 12.7 Å². The van der Waals surface area contributed by atoms with Gasteiger partial charge in [0.25, 0.3) is 5.91 Å². The van der Waals surface area contributed by atoms with Gasteiger partial charge in [-0.05, 0) is 45.5 Å². The zero-order valence-electron chi connectivity index (χ0n) is 10.9. The van der Waals surface area contributed by atoms with Crippen molar-refractivity contribution in [3.63, 3.8) is 0 Å². The number of anilines is 1. The van der Waals surface area contributed by atoms with Gasteiger partial charge in [0, 0.05) is 10.5 Å². The van der Waals surface area contributed by atoms with E-state index in [9.17, 15) is 14.9 Å². The first-order valence-corrected chi connectivity index (χ1v) is 6.57. The minimum absolute atomic E-state index is 0.126. The summed E-state index contributed by atoms with van der Waals surface area (Å²) in [6.45, 7) is 1.91. The number of nitrogens with one attached hydrogen (secondary N) is 1. The molecule has 1 N–H and O–H groups in total. The molecule has 0 bridgehead atoms. The second-order valence-corrected chi connectivity index (χ2v) is 5.08. The molecule has 0 spiro atoms. The summed E-state index contributed by atoms with van der Waals surface area (Å²) in [5.74, 6) is -0.523. The van der Waals surface area contributed by atoms with E-state index >= 15 is 0 Å². The smallest absolute Gasteiger partial charge is 0.323 e. The molecular weight excluding hydrogens is 326 g/mol. The van der Waals surface area contributed by atoms with Crippen molar-refractivity contribution < 1.29 is 9.72 Å². The third kappa shape index (κ3) is 2.57. The normalized spacial score (nSPS) is 10.3. The molecule has 1 amide bonds. The molecule has 2 rings (SSSR count). The minimum atomic E-state index is -0.528. The van der Waals surface area contributed by atoms with E-state index in [2.05, 4.69) is 21.2 Å². The summed E-state index contributed by atoms with van der Waals surface area (Å²) in [6, 6.07) is 8.22. The SMILES string of the molecule is Cc1cccc(NC(=O)c2ccc([N+](=O)[O-])n2C)c1Br. The highest BCUT2D eigenvalue weighted by Crippen LogP contribution is 2.26. The van der Waals surface area contributed by atoms with E-state index in [0.717, 1.165) is 10.0 Å². The zero-order chi connectivity index (χ0) is 14.9. The van der Waals surface area contributed by atoms with Crippen molar-refractivity contribution in [3.8, 4) is 0 Å². The average Bonchev–Trinajstić information content (AvgIpc) is 2.77. The lowest BCUT2D eigenvalue weighted by Crippen LogP contribution is -2.16. The van der Waals surface area contributed by atoms with E-state index in [0.29, 0.717) is 5.69 Å². The number of aryl methyl sites for hydroxylation is 1. The van der Waals surface area contributed by atoms with Crippen LogP contribution in [-0.2, 0) is 7.05 Å². The minimum Gasteiger partial charge on any atom is -0.358 e. The molecule has 1 aromatic heterocycles. The standard InChI is InChI=1S/C13H12BrN3O3/c1-8-4-3-5-9(12(8)14)15-13(18)10-6-7-11(16(10)2)17(19)20/h3-7H,1-2H3,(H,15,18). The Morgan fingerprint density at radius 3 is 2.65 bits per heavy atom. The van der Waals surface area contributed by atoms with Crippen molar-refractivity contribution in [1.29, 1.82) is 0 Å². The fraction of sp³-hybridized carbons (Fsp3) is 0.154. The number of carbonyl (C=O) groups excluding carboxylic acids is 1. The van der Waals surface area contributed by atoms with Crippen molar-refractivity contribution in [3.05, 3.63) is 56.2 Å². The van der Waals surface area contributed by atoms with E-state index in [1.54, 1.807) is 6.07 Å². The topological polar surface area (TPSA) is 77.2 Å². The first-order chi connectivity index (χ1) is 9.41. The van der Waals surface area contributed by atoms with Crippen LogP contribution in [0.1, 0.15) is 16.1 Å². The van der Waals surface area contributed by atoms with Crippen LogP contribution >= 0.6 is 15.9 Å². The Hall–Kier alpha value is -2.15. The van der Waals surface area contributed by atoms with Gasteiger partial charge in [0.15, 0.2) is 5.69 Å². The van der Waals surface area contributed by atoms with E-state index in [1.165, 1.54) is 23.7 Å². The van der Waals surface area contributed by atoms with Crippen LogP contribution in [0.5, 0.6) is 0 Å². The fourth-order valence-electron chi connectivity index (χ4n) is 1.84. The first-order valence-electron chi connectivity index (χ1n) is 5.78. The molecule has 20 heavy (non-hydrogen) atoms. The maximum atomic E-state index is 12.2. The van der Waals surface area contributed by atoms with Crippen LogP contribution in [0.3, 0.4) is 0 Å². The van der Waals surface area contributed by atoms with E-state index in [1.807, 2.05) is 19.1 Å². The molecule has 0 radical (unpaired) electrons. The molecule has 0 aliphatic heterocycles. The first kappa shape index (κ1) is 14.3. The van der Waals surface area contributed by atoms with Gasteiger partial charge in [0.1, 0.15) is 0 Å². The molecule has 0 fully saturated rings. The summed E-state index contributed by atoms with van der Waals surface area (Å²) in [4.78, 5) is 22.4. The summed E-state index contributed by atoms with van der Waals surface area (Å²) < 4.78 is 2.04. The number of aromatic nitrogens is 1. The number of rotatable bonds is 3. The highest BCUT2D eigenvalue weighted by molar-refractivity contribution is 9.10. The molecule has 2 aromatic rings. The Kier molecular flexibility index (Phi) is 3.89. The van der Waals surface area contributed by atoms with Crippen molar-refractivity contribution in [1.82, 2.24) is 4.57 Å². The third-order valence-corrected chi connectivity index (χ3v) is 4.01. The molecule has 0 aliphatic carbocycles. The molecule has 0 saturated carbocycles. The fourth-order valence-corrected chi connectivity index (χ4v) is 2.21. The Balaban J connectivity index is 2.29. The molecule has 7 heteroatoms. The zero-order valence-corrected chi connectivity index (χ0v) is 12.5. The van der Waals surface area contributed by atoms with Gasteiger partial charge >= 0.3 is 5.82 Å². The second-order valence-electron chi connectivity index (χ2n) is 4.28. The molecule has 0 atom stereocenters. The summed E-state index contributed by atoms with van der Waals surface area (Å²) in [5.41, 5.74) is 1.84. The number of hydrogen-bond donors (Lipinski definition) is 1. The predicted octanol–water partition coefficient (Wildman–Crippen LogP) is 3.26. The largest absolute Gasteiger partial charge is 0.358 e. The summed E-state index contributed by atoms with van der Waals surface area (Å²) in [6.07, 6.45) is 0. The van der Waals surface area contributed by atoms with Crippen molar-refractivity contribution in [2.75, 3.05) is 5.32 Å². The van der Waals surface area contributed by atoms with Gasteiger partial charge in [-0.1, -0.05) is 12.1 Å². The number of carbonyl (C=O) groups is 1. The van der Waals surface area contributed by atoms with Crippen LogP contribution in [0.2, 0.25) is 0 Å². The van der Waals surface area contributed by atoms with Crippen LogP contribution in [-0.4, -0.2) is 15.4 Å². The average molecular weight is 338 g/mol. The Morgan fingerprint density at radius 2 is 2.05 bits per heavy atom. The molecule has 104 valence electrons. The van der Waals surface area contributed by atoms with Crippen LogP contribution in [0, 0.1) is 17.0 Å². The lowest BCUT2D eigenvalue weighted by molar-refractivity contribution is -0.391. The van der Waals surface area contributed by atoms with Gasteiger partial charge in [-0.15, -0.1) is 0 Å². The summed E-state index contributed by atoms with van der Waals surface area (Å²) in [7, 11) is 1.48. The number of nitro groups is 1. The maximum absolute atomic E-state index is 12.2. The second kappa shape index (κ2) is 5.46. The number of hydrogen-bond acceptors (Lipinski definition) is 3. The summed E-state index contributed by atoms with van der Waals surface area (Å²) >= 11 is 3.40.